The molecule has 0 spiro atoms. The molecule has 1 unspecified atom stereocenters. The average molecular weight is 353 g/mol. The third-order valence-electron chi connectivity index (χ3n) is 3.53. The molecule has 1 aliphatic rings. The summed E-state index contributed by atoms with van der Waals surface area (Å²) < 4.78 is 18.2. The number of thiocarbonyl (C=S) groups is 1. The summed E-state index contributed by atoms with van der Waals surface area (Å²) in [4.78, 5) is 22.6. The predicted molar refractivity (Wildman–Crippen MR) is 89.1 cm³/mol. The number of rotatable bonds is 6. The van der Waals surface area contributed by atoms with Gasteiger partial charge in [-0.1, -0.05) is 18.2 Å². The van der Waals surface area contributed by atoms with E-state index in [0.717, 1.165) is 0 Å². The third kappa shape index (κ3) is 4.05. The largest absolute Gasteiger partial charge is 0.462 e. The molecule has 9 heteroatoms. The van der Waals surface area contributed by atoms with Crippen LogP contribution in [0.3, 0.4) is 0 Å². The highest BCUT2D eigenvalue weighted by molar-refractivity contribution is 7.80. The Bertz CT molecular complexity index is 708. The monoisotopic (exact) mass is 353 g/mol. The highest BCUT2D eigenvalue weighted by Crippen LogP contribution is 2.19. The van der Waals surface area contributed by atoms with Gasteiger partial charge in [-0.05, 0) is 19.1 Å². The number of carbonyl (C=O) groups excluding carboxylic acids is 1. The standard InChI is InChI=1S/C15H16FN3O4S/c1-9-13(11(8-16)18-15(24)17-9)14(20)23-7-6-10-4-2-3-5-12(10)19(21)22/h2-5,11H,6-8H2,1H3,(H2,17,18,24). The molecule has 24 heavy (non-hydrogen) atoms. The Kier molecular flexibility index (Phi) is 5.80. The summed E-state index contributed by atoms with van der Waals surface area (Å²) in [6.45, 7) is 0.742. The quantitative estimate of drug-likeness (QED) is 0.348. The number of hydrogen-bond donors (Lipinski definition) is 2. The highest BCUT2D eigenvalue weighted by atomic mass is 32.1. The van der Waals surface area contributed by atoms with Crippen molar-refractivity contribution in [3.05, 3.63) is 51.2 Å². The smallest absolute Gasteiger partial charge is 0.337 e. The zero-order chi connectivity index (χ0) is 17.7. The molecule has 1 heterocycles. The van der Waals surface area contributed by atoms with Crippen LogP contribution >= 0.6 is 12.2 Å². The summed E-state index contributed by atoms with van der Waals surface area (Å²) in [7, 11) is 0. The van der Waals surface area contributed by atoms with Gasteiger partial charge in [-0.3, -0.25) is 10.1 Å². The number of esters is 1. The summed E-state index contributed by atoms with van der Waals surface area (Å²) >= 11 is 4.92. The summed E-state index contributed by atoms with van der Waals surface area (Å²) in [6, 6.07) is 5.36. The Balaban J connectivity index is 2.02. The molecule has 0 aromatic heterocycles. The van der Waals surface area contributed by atoms with Gasteiger partial charge in [-0.15, -0.1) is 0 Å². The number of nitro benzene ring substituents is 1. The molecule has 0 bridgehead atoms. The lowest BCUT2D eigenvalue weighted by Crippen LogP contribution is -2.50. The number of benzene rings is 1. The lowest BCUT2D eigenvalue weighted by molar-refractivity contribution is -0.385. The lowest BCUT2D eigenvalue weighted by atomic mass is 10.0. The highest BCUT2D eigenvalue weighted by Gasteiger charge is 2.29. The van der Waals surface area contributed by atoms with Crippen LogP contribution in [0.1, 0.15) is 12.5 Å². The maximum absolute atomic E-state index is 13.1. The van der Waals surface area contributed by atoms with E-state index in [0.29, 0.717) is 11.3 Å². The van der Waals surface area contributed by atoms with Gasteiger partial charge in [0.2, 0.25) is 0 Å². The Morgan fingerprint density at radius 1 is 1.46 bits per heavy atom. The normalized spacial score (nSPS) is 17.1. The first-order valence-corrected chi connectivity index (χ1v) is 7.58. The number of hydrogen-bond acceptors (Lipinski definition) is 5. The Hall–Kier alpha value is -2.55. The first-order chi connectivity index (χ1) is 11.4. The Morgan fingerprint density at radius 3 is 2.83 bits per heavy atom. The molecule has 128 valence electrons. The van der Waals surface area contributed by atoms with Crippen molar-refractivity contribution in [1.29, 1.82) is 0 Å². The van der Waals surface area contributed by atoms with Gasteiger partial charge in [-0.2, -0.15) is 0 Å². The van der Waals surface area contributed by atoms with Crippen molar-refractivity contribution in [3.63, 3.8) is 0 Å². The van der Waals surface area contributed by atoms with E-state index in [9.17, 15) is 19.3 Å². The van der Waals surface area contributed by atoms with Gasteiger partial charge in [-0.25, -0.2) is 9.18 Å². The number of alkyl halides is 1. The summed E-state index contributed by atoms with van der Waals surface area (Å²) in [5, 5.41) is 16.6. The topological polar surface area (TPSA) is 93.5 Å². The fourth-order valence-electron chi connectivity index (χ4n) is 2.41. The van der Waals surface area contributed by atoms with Crippen molar-refractivity contribution < 1.29 is 18.8 Å². The van der Waals surface area contributed by atoms with Crippen LogP contribution in [0, 0.1) is 10.1 Å². The van der Waals surface area contributed by atoms with Crippen LogP contribution in [0.2, 0.25) is 0 Å². The first-order valence-electron chi connectivity index (χ1n) is 7.17. The van der Waals surface area contributed by atoms with Gasteiger partial charge in [0.1, 0.15) is 6.67 Å². The van der Waals surface area contributed by atoms with Crippen LogP contribution < -0.4 is 10.6 Å². The minimum atomic E-state index is -0.864. The molecule has 7 nitrogen and oxygen atoms in total. The molecule has 0 fully saturated rings. The van der Waals surface area contributed by atoms with E-state index >= 15 is 0 Å². The fraction of sp³-hybridized carbons (Fsp3) is 0.333. The van der Waals surface area contributed by atoms with E-state index in [2.05, 4.69) is 10.6 Å². The van der Waals surface area contributed by atoms with Crippen molar-refractivity contribution in [1.82, 2.24) is 10.6 Å². The maximum atomic E-state index is 13.1. The van der Waals surface area contributed by atoms with Crippen molar-refractivity contribution in [2.24, 2.45) is 0 Å². The summed E-state index contributed by atoms with van der Waals surface area (Å²) in [6.07, 6.45) is 0.189. The van der Waals surface area contributed by atoms with Gasteiger partial charge in [0, 0.05) is 23.7 Å². The van der Waals surface area contributed by atoms with Gasteiger partial charge in [0.15, 0.2) is 5.11 Å². The average Bonchev–Trinajstić information content (AvgIpc) is 2.54. The second kappa shape index (κ2) is 7.82. The van der Waals surface area contributed by atoms with Gasteiger partial charge < -0.3 is 15.4 Å². The van der Waals surface area contributed by atoms with E-state index in [1.165, 1.54) is 6.07 Å². The Labute approximate surface area is 143 Å². The number of carbonyl (C=O) groups is 1. The molecule has 1 aliphatic heterocycles. The third-order valence-corrected chi connectivity index (χ3v) is 3.75. The minimum Gasteiger partial charge on any atom is -0.462 e. The maximum Gasteiger partial charge on any atom is 0.337 e. The van der Waals surface area contributed by atoms with E-state index < -0.39 is 23.6 Å². The Morgan fingerprint density at radius 2 is 2.17 bits per heavy atom. The number of para-hydroxylation sites is 1. The van der Waals surface area contributed by atoms with Crippen LogP contribution in [0.5, 0.6) is 0 Å². The van der Waals surface area contributed by atoms with Gasteiger partial charge in [0.25, 0.3) is 5.69 Å². The molecule has 2 rings (SSSR count). The molecular weight excluding hydrogens is 337 g/mol. The van der Waals surface area contributed by atoms with Crippen LogP contribution in [0.15, 0.2) is 35.5 Å². The number of ether oxygens (including phenoxy) is 1. The van der Waals surface area contributed by atoms with Crippen LogP contribution in [-0.4, -0.2) is 35.3 Å². The predicted octanol–water partition coefficient (Wildman–Crippen LogP) is 1.77. The summed E-state index contributed by atoms with van der Waals surface area (Å²) in [5.74, 6) is -0.684. The van der Waals surface area contributed by atoms with Crippen molar-refractivity contribution in [2.45, 2.75) is 19.4 Å². The number of nitrogens with zero attached hydrogens (tertiary/aromatic N) is 1. The number of nitro groups is 1. The fourth-order valence-corrected chi connectivity index (χ4v) is 2.70. The van der Waals surface area contributed by atoms with Crippen LogP contribution in [0.4, 0.5) is 10.1 Å². The van der Waals surface area contributed by atoms with E-state index in [1.54, 1.807) is 25.1 Å². The molecule has 0 radical (unpaired) electrons. The van der Waals surface area contributed by atoms with E-state index in [4.69, 9.17) is 17.0 Å². The number of halogens is 1. The lowest BCUT2D eigenvalue weighted by Gasteiger charge is -2.27. The second-order valence-corrected chi connectivity index (χ2v) is 5.52. The van der Waals surface area contributed by atoms with Crippen LogP contribution in [0.25, 0.3) is 0 Å². The molecule has 0 saturated carbocycles. The molecule has 0 amide bonds. The molecule has 1 atom stereocenters. The SMILES string of the molecule is CC1=C(C(=O)OCCc2ccccc2[N+](=O)[O-])C(CF)NC(=S)N1. The minimum absolute atomic E-state index is 0.0306. The molecule has 0 aliphatic carbocycles. The molecular formula is C15H16FN3O4S. The molecule has 0 saturated heterocycles. The van der Waals surface area contributed by atoms with Crippen molar-refractivity contribution in [2.75, 3.05) is 13.3 Å². The van der Waals surface area contributed by atoms with Gasteiger partial charge >= 0.3 is 5.97 Å². The van der Waals surface area contributed by atoms with Crippen molar-refractivity contribution in [3.8, 4) is 0 Å². The van der Waals surface area contributed by atoms with Crippen LogP contribution in [-0.2, 0) is 16.0 Å². The van der Waals surface area contributed by atoms with E-state index in [-0.39, 0.29) is 29.4 Å². The summed E-state index contributed by atoms with van der Waals surface area (Å²) in [5.41, 5.74) is 0.992. The zero-order valence-corrected chi connectivity index (χ0v) is 13.7. The number of allylic oxidation sites excluding steroid dienone is 1. The number of nitrogens with one attached hydrogen (secondary N) is 2. The van der Waals surface area contributed by atoms with Crippen molar-refractivity contribution >= 4 is 29.0 Å². The van der Waals surface area contributed by atoms with E-state index in [1.807, 2.05) is 0 Å². The molecule has 2 N–H and O–H groups in total. The molecule has 1 aromatic rings. The first kappa shape index (κ1) is 17.8. The molecule has 1 aromatic carbocycles. The second-order valence-electron chi connectivity index (χ2n) is 5.12. The zero-order valence-electron chi connectivity index (χ0n) is 12.9. The van der Waals surface area contributed by atoms with Gasteiger partial charge in [0.05, 0.1) is 23.1 Å².